The van der Waals surface area contributed by atoms with Crippen molar-refractivity contribution in [3.63, 3.8) is 0 Å². The van der Waals surface area contributed by atoms with Crippen molar-refractivity contribution in [2.75, 3.05) is 13.1 Å². The minimum absolute atomic E-state index is 0.711. The van der Waals surface area contributed by atoms with E-state index in [-0.39, 0.29) is 0 Å². The second kappa shape index (κ2) is 4.06. The van der Waals surface area contributed by atoms with Crippen LogP contribution in [-0.4, -0.2) is 30.1 Å². The van der Waals surface area contributed by atoms with E-state index < -0.39 is 0 Å². The number of nitrogens with two attached hydrogens (primary N) is 1. The van der Waals surface area contributed by atoms with E-state index in [1.165, 1.54) is 51.5 Å². The zero-order chi connectivity index (χ0) is 10.3. The molecule has 0 aromatic heterocycles. The van der Waals surface area contributed by atoms with Crippen LogP contribution in [0.5, 0.6) is 0 Å². The van der Waals surface area contributed by atoms with Gasteiger partial charge in [-0.05, 0) is 50.5 Å². The molecular formula is C13H24N2. The Morgan fingerprint density at radius 2 is 2.00 bits per heavy atom. The molecule has 0 aromatic carbocycles. The molecule has 1 saturated heterocycles. The van der Waals surface area contributed by atoms with Gasteiger partial charge in [-0.1, -0.05) is 12.8 Å². The van der Waals surface area contributed by atoms with E-state index in [1.54, 1.807) is 0 Å². The first-order valence-corrected chi connectivity index (χ1v) is 6.84. The van der Waals surface area contributed by atoms with Crippen LogP contribution in [0.1, 0.15) is 44.9 Å². The monoisotopic (exact) mass is 208 g/mol. The van der Waals surface area contributed by atoms with Crippen LogP contribution in [0.3, 0.4) is 0 Å². The van der Waals surface area contributed by atoms with Crippen LogP contribution in [0.2, 0.25) is 0 Å². The number of rotatable bonds is 2. The minimum atomic E-state index is 0.711. The quantitative estimate of drug-likeness (QED) is 0.752. The molecule has 15 heavy (non-hydrogen) atoms. The van der Waals surface area contributed by atoms with Gasteiger partial charge in [-0.3, -0.25) is 4.90 Å². The first-order chi connectivity index (χ1) is 7.38. The van der Waals surface area contributed by atoms with Gasteiger partial charge < -0.3 is 5.73 Å². The predicted molar refractivity (Wildman–Crippen MR) is 62.6 cm³/mol. The van der Waals surface area contributed by atoms with E-state index >= 15 is 0 Å². The third-order valence-electron chi connectivity index (χ3n) is 5.07. The highest BCUT2D eigenvalue weighted by Crippen LogP contribution is 2.47. The highest BCUT2D eigenvalue weighted by molar-refractivity contribution is 4.97. The third-order valence-corrected chi connectivity index (χ3v) is 5.07. The summed E-state index contributed by atoms with van der Waals surface area (Å²) in [5.41, 5.74) is 5.92. The van der Waals surface area contributed by atoms with E-state index in [9.17, 15) is 0 Å². The van der Waals surface area contributed by atoms with Crippen LogP contribution < -0.4 is 5.73 Å². The second-order valence-corrected chi connectivity index (χ2v) is 5.87. The Labute approximate surface area is 93.2 Å². The molecule has 0 aromatic rings. The molecule has 2 nitrogen and oxygen atoms in total. The van der Waals surface area contributed by atoms with Crippen LogP contribution >= 0.6 is 0 Å². The summed E-state index contributed by atoms with van der Waals surface area (Å²) in [6.07, 6.45) is 10.2. The van der Waals surface area contributed by atoms with E-state index in [1.807, 2.05) is 0 Å². The van der Waals surface area contributed by atoms with Crippen molar-refractivity contribution < 1.29 is 0 Å². The van der Waals surface area contributed by atoms with Gasteiger partial charge in [-0.25, -0.2) is 0 Å². The van der Waals surface area contributed by atoms with E-state index in [2.05, 4.69) is 4.90 Å². The standard InChI is InChI=1S/C13H24N2/c14-9-12-3-1-2-6-15(12)13-8-10-4-5-11(13)7-10/h10-13H,1-9,14H2. The van der Waals surface area contributed by atoms with Gasteiger partial charge in [0.25, 0.3) is 0 Å². The number of hydrogen-bond acceptors (Lipinski definition) is 2. The number of nitrogens with zero attached hydrogens (tertiary/aromatic N) is 1. The van der Waals surface area contributed by atoms with Crippen molar-refractivity contribution in [3.8, 4) is 0 Å². The molecule has 2 saturated carbocycles. The maximum atomic E-state index is 5.92. The lowest BCUT2D eigenvalue weighted by atomic mass is 9.90. The van der Waals surface area contributed by atoms with Gasteiger partial charge in [-0.2, -0.15) is 0 Å². The van der Waals surface area contributed by atoms with Crippen molar-refractivity contribution in [1.29, 1.82) is 0 Å². The third kappa shape index (κ3) is 1.72. The first kappa shape index (κ1) is 10.1. The number of piperidine rings is 1. The van der Waals surface area contributed by atoms with Crippen LogP contribution in [0.15, 0.2) is 0 Å². The van der Waals surface area contributed by atoms with Crippen LogP contribution in [0, 0.1) is 11.8 Å². The maximum absolute atomic E-state index is 5.92. The molecule has 4 unspecified atom stereocenters. The van der Waals surface area contributed by atoms with E-state index in [4.69, 9.17) is 5.73 Å². The summed E-state index contributed by atoms with van der Waals surface area (Å²) in [6, 6.07) is 1.63. The average molecular weight is 208 g/mol. The molecule has 1 aliphatic heterocycles. The van der Waals surface area contributed by atoms with Crippen molar-refractivity contribution in [2.24, 2.45) is 17.6 Å². The van der Waals surface area contributed by atoms with Crippen molar-refractivity contribution >= 4 is 0 Å². The molecule has 3 aliphatic rings. The van der Waals surface area contributed by atoms with Crippen molar-refractivity contribution in [1.82, 2.24) is 4.90 Å². The van der Waals surface area contributed by atoms with Crippen LogP contribution in [-0.2, 0) is 0 Å². The Morgan fingerprint density at radius 1 is 1.07 bits per heavy atom. The predicted octanol–water partition coefficient (Wildman–Crippen LogP) is 1.99. The van der Waals surface area contributed by atoms with Gasteiger partial charge in [0.2, 0.25) is 0 Å². The topological polar surface area (TPSA) is 29.3 Å². The first-order valence-electron chi connectivity index (χ1n) is 6.84. The Bertz CT molecular complexity index is 229. The van der Waals surface area contributed by atoms with Crippen LogP contribution in [0.4, 0.5) is 0 Å². The highest BCUT2D eigenvalue weighted by Gasteiger charge is 2.43. The normalized spacial score (nSPS) is 46.2. The Hall–Kier alpha value is -0.0800. The molecule has 3 rings (SSSR count). The molecule has 0 spiro atoms. The molecule has 0 radical (unpaired) electrons. The number of hydrogen-bond donors (Lipinski definition) is 1. The fourth-order valence-electron chi connectivity index (χ4n) is 4.33. The average Bonchev–Trinajstić information content (AvgIpc) is 2.90. The fraction of sp³-hybridized carbons (Fsp3) is 1.00. The zero-order valence-electron chi connectivity index (χ0n) is 9.70. The molecule has 2 aliphatic carbocycles. The molecule has 4 atom stereocenters. The molecule has 2 N–H and O–H groups in total. The van der Waals surface area contributed by atoms with Crippen molar-refractivity contribution in [3.05, 3.63) is 0 Å². The maximum Gasteiger partial charge on any atom is 0.0221 e. The fourth-order valence-corrected chi connectivity index (χ4v) is 4.33. The molecule has 3 fully saturated rings. The Kier molecular flexibility index (Phi) is 2.73. The Balaban J connectivity index is 1.69. The largest absolute Gasteiger partial charge is 0.329 e. The second-order valence-electron chi connectivity index (χ2n) is 5.87. The smallest absolute Gasteiger partial charge is 0.0221 e. The lowest BCUT2D eigenvalue weighted by molar-refractivity contribution is 0.0671. The van der Waals surface area contributed by atoms with Gasteiger partial charge >= 0.3 is 0 Å². The van der Waals surface area contributed by atoms with Gasteiger partial charge in [-0.15, -0.1) is 0 Å². The summed E-state index contributed by atoms with van der Waals surface area (Å²) in [6.45, 7) is 2.21. The summed E-state index contributed by atoms with van der Waals surface area (Å²) >= 11 is 0. The lowest BCUT2D eigenvalue weighted by Gasteiger charge is -2.42. The van der Waals surface area contributed by atoms with Gasteiger partial charge in [0.1, 0.15) is 0 Å². The highest BCUT2D eigenvalue weighted by atomic mass is 15.2. The van der Waals surface area contributed by atoms with Crippen molar-refractivity contribution in [2.45, 2.75) is 57.0 Å². The van der Waals surface area contributed by atoms with Crippen LogP contribution in [0.25, 0.3) is 0 Å². The van der Waals surface area contributed by atoms with Gasteiger partial charge in [0.05, 0.1) is 0 Å². The molecule has 2 bridgehead atoms. The molecule has 2 heteroatoms. The number of likely N-dealkylation sites (tertiary alicyclic amines) is 1. The lowest BCUT2D eigenvalue weighted by Crippen LogP contribution is -2.51. The summed E-state index contributed by atoms with van der Waals surface area (Å²) in [7, 11) is 0. The van der Waals surface area contributed by atoms with E-state index in [0.717, 1.165) is 24.4 Å². The Morgan fingerprint density at radius 3 is 2.67 bits per heavy atom. The SMILES string of the molecule is NCC1CCCCN1C1CC2CCC1C2. The minimum Gasteiger partial charge on any atom is -0.329 e. The van der Waals surface area contributed by atoms with Gasteiger partial charge in [0, 0.05) is 18.6 Å². The summed E-state index contributed by atoms with van der Waals surface area (Å²) < 4.78 is 0. The van der Waals surface area contributed by atoms with Gasteiger partial charge in [0.15, 0.2) is 0 Å². The molecule has 0 amide bonds. The molecule has 1 heterocycles. The number of fused-ring (bicyclic) bond motifs is 2. The summed E-state index contributed by atoms with van der Waals surface area (Å²) in [5.74, 6) is 2.10. The summed E-state index contributed by atoms with van der Waals surface area (Å²) in [5, 5.41) is 0. The molecular weight excluding hydrogens is 184 g/mol. The summed E-state index contributed by atoms with van der Waals surface area (Å²) in [4.78, 5) is 2.79. The molecule has 86 valence electrons. The van der Waals surface area contributed by atoms with E-state index in [0.29, 0.717) is 6.04 Å². The zero-order valence-corrected chi connectivity index (χ0v) is 9.70.